The van der Waals surface area contributed by atoms with Crippen molar-refractivity contribution < 1.29 is 0 Å². The van der Waals surface area contributed by atoms with Gasteiger partial charge in [-0.3, -0.25) is 10.00 Å². The zero-order valence-corrected chi connectivity index (χ0v) is 15.9. The molecule has 1 atom stereocenters. The number of thiazole rings is 1. The molecule has 1 fully saturated rings. The molecule has 3 aromatic rings. The average molecular weight is 369 g/mol. The number of H-pyrrole nitrogens is 1. The molecule has 1 aliphatic heterocycles. The Labute approximate surface area is 156 Å². The molecule has 0 saturated carbocycles. The first-order chi connectivity index (χ1) is 12.7. The van der Waals surface area contributed by atoms with Crippen LogP contribution in [0.2, 0.25) is 0 Å². The van der Waals surface area contributed by atoms with Gasteiger partial charge in [-0.1, -0.05) is 6.42 Å². The Morgan fingerprint density at radius 1 is 1.27 bits per heavy atom. The summed E-state index contributed by atoms with van der Waals surface area (Å²) in [6.07, 6.45) is 5.36. The fraction of sp³-hybridized carbons (Fsp3) is 0.444. The van der Waals surface area contributed by atoms with Crippen LogP contribution in [-0.2, 0) is 6.54 Å². The van der Waals surface area contributed by atoms with Gasteiger partial charge in [-0.05, 0) is 39.3 Å². The lowest BCUT2D eigenvalue weighted by Crippen LogP contribution is -2.33. The minimum atomic E-state index is 0.298. The molecule has 1 saturated heterocycles. The Morgan fingerprint density at radius 2 is 2.19 bits per heavy atom. The summed E-state index contributed by atoms with van der Waals surface area (Å²) < 4.78 is 0. The van der Waals surface area contributed by atoms with Crippen LogP contribution in [0.3, 0.4) is 0 Å². The summed E-state index contributed by atoms with van der Waals surface area (Å²) in [6.45, 7) is 5.88. The van der Waals surface area contributed by atoms with Crippen molar-refractivity contribution in [3.8, 4) is 0 Å². The van der Waals surface area contributed by atoms with Crippen molar-refractivity contribution in [1.82, 2.24) is 30.0 Å². The highest BCUT2D eigenvalue weighted by atomic mass is 32.1. The highest BCUT2D eigenvalue weighted by molar-refractivity contribution is 7.13. The molecule has 1 aliphatic rings. The smallest absolute Gasteiger partial charge is 0.188 e. The van der Waals surface area contributed by atoms with Gasteiger partial charge in [0.1, 0.15) is 11.6 Å². The molecule has 3 aromatic heterocycles. The van der Waals surface area contributed by atoms with E-state index in [-0.39, 0.29) is 0 Å². The summed E-state index contributed by atoms with van der Waals surface area (Å²) in [7, 11) is 0. The number of anilines is 2. The topological polar surface area (TPSA) is 82.6 Å². The summed E-state index contributed by atoms with van der Waals surface area (Å²) in [4.78, 5) is 16.2. The van der Waals surface area contributed by atoms with Crippen LogP contribution >= 0.6 is 11.3 Å². The summed E-state index contributed by atoms with van der Waals surface area (Å²) in [5.41, 5.74) is 3.23. The lowest BCUT2D eigenvalue weighted by molar-refractivity contribution is 0.135. The standard InChI is InChI=1S/C18H23N7S/c1-12-11-26-18(20-12)23-17-9-15(21-13(2)22-17)16-5-3-4-8-25(16)10-14-6-7-19-24-14/h6-7,9,11,16H,3-5,8,10H2,1-2H3,(H,19,24)(H,20,21,22,23)/t16-/m0/s1. The number of aromatic amines is 1. The molecule has 0 spiro atoms. The number of hydrogen-bond donors (Lipinski definition) is 2. The zero-order chi connectivity index (χ0) is 17.9. The quantitative estimate of drug-likeness (QED) is 0.713. The van der Waals surface area contributed by atoms with Gasteiger partial charge in [-0.15, -0.1) is 11.3 Å². The summed E-state index contributed by atoms with van der Waals surface area (Å²) in [6, 6.07) is 4.40. The number of hydrogen-bond acceptors (Lipinski definition) is 7. The van der Waals surface area contributed by atoms with E-state index in [9.17, 15) is 0 Å². The van der Waals surface area contributed by atoms with Crippen molar-refractivity contribution in [1.29, 1.82) is 0 Å². The molecule has 0 unspecified atom stereocenters. The molecular weight excluding hydrogens is 346 g/mol. The normalized spacial score (nSPS) is 18.2. The van der Waals surface area contributed by atoms with Gasteiger partial charge in [0.25, 0.3) is 0 Å². The molecule has 4 rings (SSSR count). The third kappa shape index (κ3) is 3.91. The van der Waals surface area contributed by atoms with Crippen LogP contribution in [0.25, 0.3) is 0 Å². The number of rotatable bonds is 5. The summed E-state index contributed by atoms with van der Waals surface area (Å²) in [5, 5.41) is 13.4. The van der Waals surface area contributed by atoms with E-state index < -0.39 is 0 Å². The van der Waals surface area contributed by atoms with Crippen LogP contribution in [0, 0.1) is 13.8 Å². The average Bonchev–Trinajstić information content (AvgIpc) is 3.27. The second-order valence-corrected chi connectivity index (χ2v) is 7.57. The molecule has 0 radical (unpaired) electrons. The van der Waals surface area contributed by atoms with Crippen molar-refractivity contribution in [3.63, 3.8) is 0 Å². The predicted octanol–water partition coefficient (Wildman–Crippen LogP) is 3.74. The van der Waals surface area contributed by atoms with Gasteiger partial charge >= 0.3 is 0 Å². The van der Waals surface area contributed by atoms with Gasteiger partial charge in [0.05, 0.1) is 17.4 Å². The largest absolute Gasteiger partial charge is 0.316 e. The van der Waals surface area contributed by atoms with E-state index in [1.165, 1.54) is 12.8 Å². The SMILES string of the molecule is Cc1csc(Nc2cc([C@@H]3CCCCN3Cc3ccn[nH]3)nc(C)n2)n1. The van der Waals surface area contributed by atoms with Crippen LogP contribution in [0.1, 0.15) is 48.2 Å². The van der Waals surface area contributed by atoms with Crippen molar-refractivity contribution in [2.75, 3.05) is 11.9 Å². The van der Waals surface area contributed by atoms with E-state index in [0.29, 0.717) is 6.04 Å². The van der Waals surface area contributed by atoms with E-state index in [2.05, 4.69) is 36.4 Å². The second-order valence-electron chi connectivity index (χ2n) is 6.71. The Bertz CT molecular complexity index is 858. The van der Waals surface area contributed by atoms with Crippen LogP contribution in [0.4, 0.5) is 10.9 Å². The lowest BCUT2D eigenvalue weighted by Gasteiger charge is -2.35. The van der Waals surface area contributed by atoms with Crippen molar-refractivity contribution in [2.24, 2.45) is 0 Å². The lowest BCUT2D eigenvalue weighted by atomic mass is 9.98. The highest BCUT2D eigenvalue weighted by Gasteiger charge is 2.26. The molecule has 0 aromatic carbocycles. The van der Waals surface area contributed by atoms with E-state index in [1.807, 2.05) is 25.3 Å². The van der Waals surface area contributed by atoms with E-state index in [0.717, 1.165) is 53.4 Å². The van der Waals surface area contributed by atoms with Gasteiger partial charge in [-0.2, -0.15) is 5.10 Å². The van der Waals surface area contributed by atoms with E-state index >= 15 is 0 Å². The van der Waals surface area contributed by atoms with Crippen LogP contribution < -0.4 is 5.32 Å². The number of nitrogens with one attached hydrogen (secondary N) is 2. The zero-order valence-electron chi connectivity index (χ0n) is 15.1. The van der Waals surface area contributed by atoms with Crippen LogP contribution in [-0.4, -0.2) is 36.6 Å². The molecule has 2 N–H and O–H groups in total. The molecule has 4 heterocycles. The van der Waals surface area contributed by atoms with Crippen molar-refractivity contribution >= 4 is 22.3 Å². The maximum Gasteiger partial charge on any atom is 0.188 e. The van der Waals surface area contributed by atoms with Crippen molar-refractivity contribution in [3.05, 3.63) is 46.6 Å². The first-order valence-corrected chi connectivity index (χ1v) is 9.82. The molecule has 136 valence electrons. The fourth-order valence-corrected chi connectivity index (χ4v) is 4.15. The first-order valence-electron chi connectivity index (χ1n) is 8.94. The number of nitrogens with zero attached hydrogens (tertiary/aromatic N) is 5. The van der Waals surface area contributed by atoms with Gasteiger partial charge in [0.15, 0.2) is 5.13 Å². The Morgan fingerprint density at radius 3 is 2.96 bits per heavy atom. The molecule has 8 heteroatoms. The Hall–Kier alpha value is -2.32. The summed E-state index contributed by atoms with van der Waals surface area (Å²) >= 11 is 1.59. The van der Waals surface area contributed by atoms with Gasteiger partial charge in [-0.25, -0.2) is 15.0 Å². The maximum atomic E-state index is 4.75. The Balaban J connectivity index is 1.58. The van der Waals surface area contributed by atoms with Gasteiger partial charge in [0, 0.05) is 29.9 Å². The fourth-order valence-electron chi connectivity index (χ4n) is 3.45. The van der Waals surface area contributed by atoms with Crippen molar-refractivity contribution in [2.45, 2.75) is 45.7 Å². The minimum Gasteiger partial charge on any atom is -0.316 e. The van der Waals surface area contributed by atoms with E-state index in [1.54, 1.807) is 17.5 Å². The highest BCUT2D eigenvalue weighted by Crippen LogP contribution is 2.32. The third-order valence-corrected chi connectivity index (χ3v) is 5.47. The first kappa shape index (κ1) is 17.1. The number of aryl methyl sites for hydroxylation is 2. The molecule has 0 aliphatic carbocycles. The molecule has 7 nitrogen and oxygen atoms in total. The number of likely N-dealkylation sites (tertiary alicyclic amines) is 1. The van der Waals surface area contributed by atoms with Gasteiger partial charge < -0.3 is 5.32 Å². The Kier molecular flexibility index (Phi) is 4.94. The second kappa shape index (κ2) is 7.51. The minimum absolute atomic E-state index is 0.298. The van der Waals surface area contributed by atoms with Gasteiger partial charge in [0.2, 0.25) is 0 Å². The predicted molar refractivity (Wildman–Crippen MR) is 102 cm³/mol. The number of piperidine rings is 1. The summed E-state index contributed by atoms with van der Waals surface area (Å²) in [5.74, 6) is 1.60. The molecule has 0 amide bonds. The molecule has 0 bridgehead atoms. The molecule has 26 heavy (non-hydrogen) atoms. The third-order valence-electron chi connectivity index (χ3n) is 4.60. The maximum absolute atomic E-state index is 4.75. The van der Waals surface area contributed by atoms with Crippen LogP contribution in [0.15, 0.2) is 23.7 Å². The number of aromatic nitrogens is 5. The van der Waals surface area contributed by atoms with Crippen LogP contribution in [0.5, 0.6) is 0 Å². The molecular formula is C18H23N7S. The van der Waals surface area contributed by atoms with E-state index in [4.69, 9.17) is 4.98 Å². The monoisotopic (exact) mass is 369 g/mol.